The van der Waals surface area contributed by atoms with E-state index in [0.29, 0.717) is 37.6 Å². The van der Waals surface area contributed by atoms with Gasteiger partial charge in [-0.05, 0) is 56.2 Å². The molecule has 0 N–H and O–H groups in total. The summed E-state index contributed by atoms with van der Waals surface area (Å²) in [6.45, 7) is 8.32. The number of rotatable bonds is 5. The van der Waals surface area contributed by atoms with E-state index in [1.165, 1.54) is 16.8 Å². The van der Waals surface area contributed by atoms with Crippen LogP contribution in [0, 0.1) is 20.8 Å². The van der Waals surface area contributed by atoms with Crippen LogP contribution in [0.15, 0.2) is 76.1 Å². The maximum atomic E-state index is 13.4. The summed E-state index contributed by atoms with van der Waals surface area (Å²) >= 11 is 0. The predicted molar refractivity (Wildman–Crippen MR) is 137 cm³/mol. The van der Waals surface area contributed by atoms with Gasteiger partial charge in [-0.3, -0.25) is 0 Å². The topological polar surface area (TPSA) is 79.5 Å². The van der Waals surface area contributed by atoms with Gasteiger partial charge in [0.15, 0.2) is 0 Å². The second-order valence-electron chi connectivity index (χ2n) is 9.00. The molecule has 5 rings (SSSR count). The number of nitrogens with zero attached hydrogens (tertiary/aromatic N) is 4. The van der Waals surface area contributed by atoms with E-state index >= 15 is 0 Å². The van der Waals surface area contributed by atoms with E-state index in [0.717, 1.165) is 11.1 Å². The fourth-order valence-electron chi connectivity index (χ4n) is 4.33. The van der Waals surface area contributed by atoms with Crippen LogP contribution >= 0.6 is 0 Å². The maximum absolute atomic E-state index is 13.4. The van der Waals surface area contributed by atoms with Crippen LogP contribution in [-0.4, -0.2) is 49.0 Å². The first-order chi connectivity index (χ1) is 16.8. The lowest BCUT2D eigenvalue weighted by molar-refractivity contribution is 0.384. The SMILES string of the molecule is Cc1ccc(-c2noc(-c3cccc(S(=O)(=O)N4CCN(c5cc(C)ccc5C)CC4)c3)n2)cc1. The van der Waals surface area contributed by atoms with Gasteiger partial charge in [-0.2, -0.15) is 9.29 Å². The standard InChI is InChI=1S/C27H28N4O3S/c1-19-8-11-22(12-9-19)26-28-27(34-29-26)23-5-4-6-24(18-23)35(32,33)31-15-13-30(14-16-31)25-17-20(2)7-10-21(25)3/h4-12,17-18H,13-16H2,1-3H3. The Balaban J connectivity index is 1.34. The van der Waals surface area contributed by atoms with Crippen LogP contribution in [0.3, 0.4) is 0 Å². The minimum Gasteiger partial charge on any atom is -0.369 e. The van der Waals surface area contributed by atoms with Crippen molar-refractivity contribution in [3.05, 3.63) is 83.4 Å². The van der Waals surface area contributed by atoms with Crippen LogP contribution in [0.4, 0.5) is 5.69 Å². The third kappa shape index (κ3) is 4.72. The molecule has 0 amide bonds. The highest BCUT2D eigenvalue weighted by molar-refractivity contribution is 7.89. The molecule has 1 aromatic heterocycles. The molecule has 1 fully saturated rings. The average molecular weight is 489 g/mol. The smallest absolute Gasteiger partial charge is 0.258 e. The molecular weight excluding hydrogens is 460 g/mol. The number of anilines is 1. The molecular formula is C27H28N4O3S. The molecule has 0 bridgehead atoms. The fraction of sp³-hybridized carbons (Fsp3) is 0.259. The van der Waals surface area contributed by atoms with Gasteiger partial charge >= 0.3 is 0 Å². The van der Waals surface area contributed by atoms with E-state index in [1.54, 1.807) is 28.6 Å². The summed E-state index contributed by atoms with van der Waals surface area (Å²) in [6, 6.07) is 20.9. The van der Waals surface area contributed by atoms with Crippen LogP contribution < -0.4 is 4.90 Å². The van der Waals surface area contributed by atoms with Crippen LogP contribution in [0.5, 0.6) is 0 Å². The van der Waals surface area contributed by atoms with Crippen LogP contribution in [-0.2, 0) is 10.0 Å². The molecule has 180 valence electrons. The van der Waals surface area contributed by atoms with Crippen molar-refractivity contribution in [2.75, 3.05) is 31.1 Å². The van der Waals surface area contributed by atoms with Crippen LogP contribution in [0.2, 0.25) is 0 Å². The zero-order valence-electron chi connectivity index (χ0n) is 20.1. The molecule has 0 radical (unpaired) electrons. The Bertz CT molecular complexity index is 1450. The summed E-state index contributed by atoms with van der Waals surface area (Å²) < 4.78 is 33.9. The van der Waals surface area contributed by atoms with Crippen molar-refractivity contribution in [2.45, 2.75) is 25.7 Å². The molecule has 0 saturated carbocycles. The van der Waals surface area contributed by atoms with Crippen LogP contribution in [0.25, 0.3) is 22.8 Å². The number of benzene rings is 3. The molecule has 8 heteroatoms. The van der Waals surface area contributed by atoms with E-state index in [2.05, 4.69) is 47.1 Å². The Labute approximate surface area is 206 Å². The highest BCUT2D eigenvalue weighted by atomic mass is 32.2. The minimum absolute atomic E-state index is 0.227. The van der Waals surface area contributed by atoms with Gasteiger partial charge in [0.05, 0.1) is 4.90 Å². The summed E-state index contributed by atoms with van der Waals surface area (Å²) in [5.41, 5.74) is 6.13. The minimum atomic E-state index is -3.65. The van der Waals surface area contributed by atoms with Gasteiger partial charge in [0.25, 0.3) is 5.89 Å². The normalized spacial score (nSPS) is 14.9. The monoisotopic (exact) mass is 488 g/mol. The average Bonchev–Trinajstić information content (AvgIpc) is 3.37. The van der Waals surface area contributed by atoms with Gasteiger partial charge in [-0.1, -0.05) is 53.2 Å². The number of sulfonamides is 1. The van der Waals surface area contributed by atoms with Crippen LogP contribution in [0.1, 0.15) is 16.7 Å². The second kappa shape index (κ2) is 9.28. The fourth-order valence-corrected chi connectivity index (χ4v) is 5.80. The quantitative estimate of drug-likeness (QED) is 0.400. The third-order valence-electron chi connectivity index (χ3n) is 6.40. The summed E-state index contributed by atoms with van der Waals surface area (Å²) in [5.74, 6) is 0.758. The molecule has 0 spiro atoms. The molecule has 1 aliphatic heterocycles. The van der Waals surface area contributed by atoms with E-state index < -0.39 is 10.0 Å². The van der Waals surface area contributed by atoms with E-state index in [-0.39, 0.29) is 10.8 Å². The van der Waals surface area contributed by atoms with Crippen molar-refractivity contribution < 1.29 is 12.9 Å². The van der Waals surface area contributed by atoms with E-state index in [9.17, 15) is 8.42 Å². The first-order valence-corrected chi connectivity index (χ1v) is 13.1. The molecule has 0 atom stereocenters. The molecule has 1 saturated heterocycles. The molecule has 7 nitrogen and oxygen atoms in total. The number of hydrogen-bond donors (Lipinski definition) is 0. The van der Waals surface area contributed by atoms with Gasteiger partial charge in [-0.15, -0.1) is 0 Å². The Morgan fingerprint density at radius 1 is 0.800 bits per heavy atom. The van der Waals surface area contributed by atoms with Crippen molar-refractivity contribution in [3.63, 3.8) is 0 Å². The molecule has 35 heavy (non-hydrogen) atoms. The third-order valence-corrected chi connectivity index (χ3v) is 8.29. The molecule has 0 aliphatic carbocycles. The van der Waals surface area contributed by atoms with Gasteiger partial charge in [-0.25, -0.2) is 8.42 Å². The highest BCUT2D eigenvalue weighted by Gasteiger charge is 2.29. The molecule has 1 aliphatic rings. The van der Waals surface area contributed by atoms with Gasteiger partial charge in [0, 0.05) is 43.0 Å². The maximum Gasteiger partial charge on any atom is 0.258 e. The Hall–Kier alpha value is -3.49. The van der Waals surface area contributed by atoms with Gasteiger partial charge in [0.1, 0.15) is 0 Å². The van der Waals surface area contributed by atoms with E-state index in [4.69, 9.17) is 4.52 Å². The number of aryl methyl sites for hydroxylation is 3. The number of piperazine rings is 1. The van der Waals surface area contributed by atoms with Crippen molar-refractivity contribution in [1.29, 1.82) is 0 Å². The van der Waals surface area contributed by atoms with Gasteiger partial charge in [0.2, 0.25) is 15.8 Å². The first kappa shape index (κ1) is 23.3. The van der Waals surface area contributed by atoms with Gasteiger partial charge < -0.3 is 9.42 Å². The lowest BCUT2D eigenvalue weighted by Gasteiger charge is -2.36. The van der Waals surface area contributed by atoms with Crippen molar-refractivity contribution in [2.24, 2.45) is 0 Å². The van der Waals surface area contributed by atoms with Crippen molar-refractivity contribution in [1.82, 2.24) is 14.4 Å². The summed E-state index contributed by atoms with van der Waals surface area (Å²) in [6.07, 6.45) is 0. The lowest BCUT2D eigenvalue weighted by atomic mass is 10.1. The molecule has 2 heterocycles. The summed E-state index contributed by atoms with van der Waals surface area (Å²) in [7, 11) is -3.65. The first-order valence-electron chi connectivity index (χ1n) is 11.6. The highest BCUT2D eigenvalue weighted by Crippen LogP contribution is 2.28. The predicted octanol–water partition coefficient (Wildman–Crippen LogP) is 4.84. The molecule has 4 aromatic rings. The summed E-state index contributed by atoms with van der Waals surface area (Å²) in [5, 5.41) is 4.07. The van der Waals surface area contributed by atoms with E-state index in [1.807, 2.05) is 31.2 Å². The Morgan fingerprint density at radius 3 is 2.26 bits per heavy atom. The largest absolute Gasteiger partial charge is 0.369 e. The molecule has 3 aromatic carbocycles. The van der Waals surface area contributed by atoms with Crippen molar-refractivity contribution >= 4 is 15.7 Å². The zero-order valence-corrected chi connectivity index (χ0v) is 20.9. The lowest BCUT2D eigenvalue weighted by Crippen LogP contribution is -2.48. The Morgan fingerprint density at radius 2 is 1.51 bits per heavy atom. The molecule has 0 unspecified atom stereocenters. The Kier molecular flexibility index (Phi) is 6.17. The number of hydrogen-bond acceptors (Lipinski definition) is 6. The summed E-state index contributed by atoms with van der Waals surface area (Å²) in [4.78, 5) is 6.97. The number of aromatic nitrogens is 2. The van der Waals surface area contributed by atoms with Crippen molar-refractivity contribution in [3.8, 4) is 22.8 Å². The second-order valence-corrected chi connectivity index (χ2v) is 10.9. The zero-order chi connectivity index (χ0) is 24.6.